The van der Waals surface area contributed by atoms with Crippen molar-refractivity contribution in [3.8, 4) is 0 Å². The number of hydrogen-bond donors (Lipinski definition) is 1. The smallest absolute Gasteiger partial charge is 0.242 e. The van der Waals surface area contributed by atoms with Gasteiger partial charge in [-0.2, -0.15) is 0 Å². The number of benzene rings is 2. The predicted molar refractivity (Wildman–Crippen MR) is 108 cm³/mol. The molecule has 7 nitrogen and oxygen atoms in total. The molecular weight excluding hydrogens is 376 g/mol. The van der Waals surface area contributed by atoms with Crippen LogP contribution in [0.25, 0.3) is 11.0 Å². The average Bonchev–Trinajstić information content (AvgIpc) is 3.29. The first-order chi connectivity index (χ1) is 13.4. The molecule has 28 heavy (non-hydrogen) atoms. The second kappa shape index (κ2) is 7.03. The van der Waals surface area contributed by atoms with Gasteiger partial charge in [0.2, 0.25) is 15.9 Å². The summed E-state index contributed by atoms with van der Waals surface area (Å²) in [5.74, 6) is 0.747. The van der Waals surface area contributed by atoms with Crippen LogP contribution < -0.4 is 4.90 Å². The molecule has 1 aliphatic rings. The van der Waals surface area contributed by atoms with Crippen LogP contribution in [-0.4, -0.2) is 49.2 Å². The Labute approximate surface area is 164 Å². The standard InChI is InChI=1S/C20H22N4O3S/c1-23(2)28(26,27)15-8-7-14-11-12-24(18(14)13-15)20(25)10-9-19-21-16-5-3-4-6-17(16)22-19/h3-8,13H,9-12H2,1-2H3,(H,21,22). The highest BCUT2D eigenvalue weighted by molar-refractivity contribution is 7.89. The van der Waals surface area contributed by atoms with E-state index in [0.717, 1.165) is 28.8 Å². The quantitative estimate of drug-likeness (QED) is 0.715. The van der Waals surface area contributed by atoms with Crippen LogP contribution >= 0.6 is 0 Å². The molecule has 0 spiro atoms. The summed E-state index contributed by atoms with van der Waals surface area (Å²) in [6.45, 7) is 0.569. The van der Waals surface area contributed by atoms with Crippen LogP contribution in [0, 0.1) is 0 Å². The topological polar surface area (TPSA) is 86.4 Å². The number of sulfonamides is 1. The van der Waals surface area contributed by atoms with Gasteiger partial charge < -0.3 is 9.88 Å². The lowest BCUT2D eigenvalue weighted by molar-refractivity contribution is -0.118. The monoisotopic (exact) mass is 398 g/mol. The van der Waals surface area contributed by atoms with E-state index >= 15 is 0 Å². The Morgan fingerprint density at radius 3 is 2.75 bits per heavy atom. The van der Waals surface area contributed by atoms with Crippen molar-refractivity contribution in [1.82, 2.24) is 14.3 Å². The number of imidazole rings is 1. The first-order valence-corrected chi connectivity index (χ1v) is 10.6. The summed E-state index contributed by atoms with van der Waals surface area (Å²) in [6, 6.07) is 12.8. The number of para-hydroxylation sites is 2. The SMILES string of the molecule is CN(C)S(=O)(=O)c1ccc2c(c1)N(C(=O)CCc1nc3ccccc3[nH]1)CC2. The minimum absolute atomic E-state index is 0.0291. The second-order valence-corrected chi connectivity index (χ2v) is 9.23. The normalized spacial score (nSPS) is 14.0. The van der Waals surface area contributed by atoms with Crippen molar-refractivity contribution >= 4 is 32.7 Å². The molecule has 8 heteroatoms. The van der Waals surface area contributed by atoms with Crippen molar-refractivity contribution in [1.29, 1.82) is 0 Å². The molecule has 0 aliphatic carbocycles. The number of hydrogen-bond acceptors (Lipinski definition) is 4. The molecule has 1 N–H and O–H groups in total. The molecule has 1 aromatic heterocycles. The van der Waals surface area contributed by atoms with Gasteiger partial charge in [0.05, 0.1) is 15.9 Å². The van der Waals surface area contributed by atoms with E-state index < -0.39 is 10.0 Å². The average molecular weight is 398 g/mol. The van der Waals surface area contributed by atoms with E-state index in [1.54, 1.807) is 23.1 Å². The van der Waals surface area contributed by atoms with Gasteiger partial charge in [-0.05, 0) is 36.2 Å². The van der Waals surface area contributed by atoms with Crippen LogP contribution in [0.1, 0.15) is 17.8 Å². The molecule has 1 aliphatic heterocycles. The third-order valence-corrected chi connectivity index (χ3v) is 6.86. The molecule has 0 radical (unpaired) electrons. The molecule has 0 bridgehead atoms. The number of nitrogens with zero attached hydrogens (tertiary/aromatic N) is 3. The molecule has 146 valence electrons. The zero-order valence-corrected chi connectivity index (χ0v) is 16.7. The molecule has 1 amide bonds. The molecule has 2 heterocycles. The maximum absolute atomic E-state index is 12.8. The number of amides is 1. The number of carbonyl (C=O) groups is 1. The Hall–Kier alpha value is -2.71. The molecule has 0 unspecified atom stereocenters. The number of H-pyrrole nitrogens is 1. The van der Waals surface area contributed by atoms with Gasteiger partial charge in [0.15, 0.2) is 0 Å². The lowest BCUT2D eigenvalue weighted by Gasteiger charge is -2.19. The summed E-state index contributed by atoms with van der Waals surface area (Å²) in [5, 5.41) is 0. The fourth-order valence-electron chi connectivity index (χ4n) is 3.47. The second-order valence-electron chi connectivity index (χ2n) is 7.07. The number of fused-ring (bicyclic) bond motifs is 2. The number of aryl methyl sites for hydroxylation is 1. The van der Waals surface area contributed by atoms with E-state index in [0.29, 0.717) is 25.1 Å². The van der Waals surface area contributed by atoms with Crippen LogP contribution in [0.5, 0.6) is 0 Å². The van der Waals surface area contributed by atoms with E-state index in [-0.39, 0.29) is 10.8 Å². The van der Waals surface area contributed by atoms with Gasteiger partial charge in [0, 0.05) is 39.2 Å². The molecule has 2 aromatic carbocycles. The zero-order valence-electron chi connectivity index (χ0n) is 15.8. The summed E-state index contributed by atoms with van der Waals surface area (Å²) in [4.78, 5) is 22.5. The molecule has 0 atom stereocenters. The first kappa shape index (κ1) is 18.6. The lowest BCUT2D eigenvalue weighted by Crippen LogP contribution is -2.29. The van der Waals surface area contributed by atoms with Gasteiger partial charge in [-0.1, -0.05) is 18.2 Å². The Kier molecular flexibility index (Phi) is 4.68. The lowest BCUT2D eigenvalue weighted by atomic mass is 10.2. The number of aromatic amines is 1. The van der Waals surface area contributed by atoms with Crippen molar-refractivity contribution in [2.75, 3.05) is 25.5 Å². The Morgan fingerprint density at radius 2 is 2.00 bits per heavy atom. The Balaban J connectivity index is 1.52. The van der Waals surface area contributed by atoms with E-state index in [4.69, 9.17) is 0 Å². The van der Waals surface area contributed by atoms with Crippen LogP contribution in [0.2, 0.25) is 0 Å². The highest BCUT2D eigenvalue weighted by Gasteiger charge is 2.27. The third kappa shape index (κ3) is 3.29. The number of aromatic nitrogens is 2. The van der Waals surface area contributed by atoms with Gasteiger partial charge in [-0.25, -0.2) is 17.7 Å². The number of rotatable bonds is 5. The van der Waals surface area contributed by atoms with Crippen molar-refractivity contribution < 1.29 is 13.2 Å². The van der Waals surface area contributed by atoms with Crippen LogP contribution in [0.3, 0.4) is 0 Å². The van der Waals surface area contributed by atoms with Crippen molar-refractivity contribution in [2.24, 2.45) is 0 Å². The largest absolute Gasteiger partial charge is 0.342 e. The summed E-state index contributed by atoms with van der Waals surface area (Å²) in [5.41, 5.74) is 3.53. The highest BCUT2D eigenvalue weighted by Crippen LogP contribution is 2.31. The van der Waals surface area contributed by atoms with Gasteiger partial charge in [0.25, 0.3) is 0 Å². The van der Waals surface area contributed by atoms with Gasteiger partial charge in [-0.15, -0.1) is 0 Å². The number of anilines is 1. The summed E-state index contributed by atoms with van der Waals surface area (Å²) < 4.78 is 26.0. The predicted octanol–water partition coefficient (Wildman–Crippen LogP) is 2.34. The van der Waals surface area contributed by atoms with Gasteiger partial charge in [0.1, 0.15) is 5.82 Å². The summed E-state index contributed by atoms with van der Waals surface area (Å²) in [7, 11) is -0.540. The van der Waals surface area contributed by atoms with Gasteiger partial charge in [-0.3, -0.25) is 4.79 Å². The molecule has 4 rings (SSSR count). The van der Waals surface area contributed by atoms with Crippen molar-refractivity contribution in [2.45, 2.75) is 24.2 Å². The van der Waals surface area contributed by atoms with Crippen LogP contribution in [0.4, 0.5) is 5.69 Å². The van der Waals surface area contributed by atoms with Gasteiger partial charge >= 0.3 is 0 Å². The number of nitrogens with one attached hydrogen (secondary N) is 1. The van der Waals surface area contributed by atoms with E-state index in [9.17, 15) is 13.2 Å². The first-order valence-electron chi connectivity index (χ1n) is 9.16. The fourth-order valence-corrected chi connectivity index (χ4v) is 4.40. The minimum Gasteiger partial charge on any atom is -0.342 e. The Morgan fingerprint density at radius 1 is 1.21 bits per heavy atom. The maximum Gasteiger partial charge on any atom is 0.242 e. The molecule has 3 aromatic rings. The molecule has 0 saturated heterocycles. The summed E-state index contributed by atoms with van der Waals surface area (Å²) >= 11 is 0. The van der Waals surface area contributed by atoms with Crippen molar-refractivity contribution in [3.63, 3.8) is 0 Å². The maximum atomic E-state index is 12.8. The number of carbonyl (C=O) groups excluding carboxylic acids is 1. The van der Waals surface area contributed by atoms with Crippen LogP contribution in [-0.2, 0) is 27.7 Å². The Bertz CT molecular complexity index is 1120. The van der Waals surface area contributed by atoms with E-state index in [1.807, 2.05) is 24.3 Å². The summed E-state index contributed by atoms with van der Waals surface area (Å²) in [6.07, 6.45) is 1.55. The molecule has 0 saturated carbocycles. The third-order valence-electron chi connectivity index (χ3n) is 5.05. The minimum atomic E-state index is -3.54. The van der Waals surface area contributed by atoms with Crippen molar-refractivity contribution in [3.05, 3.63) is 53.9 Å². The van der Waals surface area contributed by atoms with E-state index in [1.165, 1.54) is 18.4 Å². The van der Waals surface area contributed by atoms with Crippen LogP contribution in [0.15, 0.2) is 47.4 Å². The fraction of sp³-hybridized carbons (Fsp3) is 0.300. The van der Waals surface area contributed by atoms with E-state index in [2.05, 4.69) is 9.97 Å². The highest BCUT2D eigenvalue weighted by atomic mass is 32.2. The molecule has 0 fully saturated rings. The molecular formula is C20H22N4O3S. The zero-order chi connectivity index (χ0) is 19.9.